The van der Waals surface area contributed by atoms with E-state index in [1.165, 1.54) is 302 Å². The molecule has 6 nitrogen and oxygen atoms in total. The van der Waals surface area contributed by atoms with Gasteiger partial charge in [-0.05, 0) is 57.8 Å². The van der Waals surface area contributed by atoms with Crippen molar-refractivity contribution in [2.75, 3.05) is 13.2 Å². The van der Waals surface area contributed by atoms with Crippen LogP contribution in [0.1, 0.15) is 367 Å². The van der Waals surface area contributed by atoms with Gasteiger partial charge in [0, 0.05) is 12.8 Å². The van der Waals surface area contributed by atoms with Crippen LogP contribution < -0.4 is 5.32 Å². The molecule has 0 fully saturated rings. The maximum Gasteiger partial charge on any atom is 0.305 e. The van der Waals surface area contributed by atoms with Gasteiger partial charge in [0.15, 0.2) is 0 Å². The van der Waals surface area contributed by atoms with Gasteiger partial charge in [-0.25, -0.2) is 0 Å². The predicted molar refractivity (Wildman–Crippen MR) is 320 cm³/mol. The normalized spacial score (nSPS) is 12.7. The van der Waals surface area contributed by atoms with E-state index in [0.29, 0.717) is 19.4 Å². The van der Waals surface area contributed by atoms with E-state index in [2.05, 4.69) is 31.3 Å². The van der Waals surface area contributed by atoms with Gasteiger partial charge in [0.25, 0.3) is 0 Å². The summed E-state index contributed by atoms with van der Waals surface area (Å²) in [6, 6.07) is -0.623. The lowest BCUT2D eigenvalue weighted by atomic mass is 10.0. The van der Waals surface area contributed by atoms with Crippen molar-refractivity contribution < 1.29 is 24.5 Å². The molecule has 2 unspecified atom stereocenters. The van der Waals surface area contributed by atoms with Crippen LogP contribution in [0.15, 0.2) is 24.3 Å². The minimum atomic E-state index is -0.840. The van der Waals surface area contributed by atoms with Crippen LogP contribution in [0, 0.1) is 0 Å². The number of ether oxygens (including phenoxy) is 1. The van der Waals surface area contributed by atoms with Crippen molar-refractivity contribution in [3.05, 3.63) is 24.3 Å². The van der Waals surface area contributed by atoms with Crippen molar-refractivity contribution in [2.24, 2.45) is 0 Å². The summed E-state index contributed by atoms with van der Waals surface area (Å²) in [4.78, 5) is 24.5. The smallest absolute Gasteiger partial charge is 0.305 e. The summed E-state index contributed by atoms with van der Waals surface area (Å²) in [5.74, 6) is -0.0454. The Balaban J connectivity index is 3.34. The van der Waals surface area contributed by atoms with Crippen molar-refractivity contribution >= 4 is 11.9 Å². The second kappa shape index (κ2) is 62.9. The third-order valence-electron chi connectivity index (χ3n) is 15.5. The van der Waals surface area contributed by atoms with Crippen LogP contribution in [0.3, 0.4) is 0 Å². The van der Waals surface area contributed by atoms with Crippen LogP contribution in [0.2, 0.25) is 0 Å². The SMILES string of the molecule is CCCCCCCCCCC/C=C/C(O)C(CO)NC(=O)CCCCCCCCCCCCCCCCCCC/C=C\CCCCCCCCCCCCCCOC(=O)CCCCCCCCCCCCCC. The third-order valence-corrected chi connectivity index (χ3v) is 15.5. The molecule has 0 aliphatic carbocycles. The van der Waals surface area contributed by atoms with Crippen molar-refractivity contribution in [1.29, 1.82) is 0 Å². The van der Waals surface area contributed by atoms with E-state index in [0.717, 1.165) is 38.5 Å². The molecule has 0 aromatic carbocycles. The van der Waals surface area contributed by atoms with Gasteiger partial charge >= 0.3 is 5.97 Å². The first-order chi connectivity index (χ1) is 36.0. The van der Waals surface area contributed by atoms with Crippen molar-refractivity contribution in [1.82, 2.24) is 5.32 Å². The fourth-order valence-electron chi connectivity index (χ4n) is 10.4. The van der Waals surface area contributed by atoms with Crippen molar-refractivity contribution in [2.45, 2.75) is 379 Å². The molecule has 0 aliphatic rings. The molecule has 6 heteroatoms. The highest BCUT2D eigenvalue weighted by Gasteiger charge is 2.18. The molecule has 0 aromatic heterocycles. The van der Waals surface area contributed by atoms with Gasteiger partial charge in [-0.2, -0.15) is 0 Å². The molecule has 0 heterocycles. The van der Waals surface area contributed by atoms with Gasteiger partial charge in [0.1, 0.15) is 0 Å². The number of carbonyl (C=O) groups excluding carboxylic acids is 2. The van der Waals surface area contributed by atoms with Gasteiger partial charge < -0.3 is 20.3 Å². The number of esters is 1. The zero-order chi connectivity index (χ0) is 52.9. The number of nitrogens with one attached hydrogen (secondary N) is 1. The van der Waals surface area contributed by atoms with Crippen LogP contribution in [0.5, 0.6) is 0 Å². The molecule has 0 aliphatic heterocycles. The lowest BCUT2D eigenvalue weighted by molar-refractivity contribution is -0.143. The van der Waals surface area contributed by atoms with E-state index in [1.807, 2.05) is 6.08 Å². The number of allylic oxidation sites excluding steroid dienone is 3. The van der Waals surface area contributed by atoms with Gasteiger partial charge in [-0.3, -0.25) is 9.59 Å². The summed E-state index contributed by atoms with van der Waals surface area (Å²) in [6.45, 7) is 4.91. The minimum Gasteiger partial charge on any atom is -0.466 e. The molecule has 0 spiro atoms. The summed E-state index contributed by atoms with van der Waals surface area (Å²) >= 11 is 0. The number of aliphatic hydroxyl groups excluding tert-OH is 2. The number of rotatable bonds is 62. The van der Waals surface area contributed by atoms with E-state index in [1.54, 1.807) is 6.08 Å². The molecule has 432 valence electrons. The van der Waals surface area contributed by atoms with E-state index >= 15 is 0 Å². The largest absolute Gasteiger partial charge is 0.466 e. The van der Waals surface area contributed by atoms with Crippen LogP contribution in [-0.4, -0.2) is 47.4 Å². The molecular weight excluding hydrogens is 899 g/mol. The highest BCUT2D eigenvalue weighted by Crippen LogP contribution is 2.18. The molecule has 1 amide bonds. The van der Waals surface area contributed by atoms with Gasteiger partial charge in [-0.1, -0.05) is 321 Å². The summed E-state index contributed by atoms with van der Waals surface area (Å²) < 4.78 is 5.48. The van der Waals surface area contributed by atoms with Crippen LogP contribution in [-0.2, 0) is 14.3 Å². The average molecular weight is 1030 g/mol. The van der Waals surface area contributed by atoms with Crippen LogP contribution in [0.25, 0.3) is 0 Å². The van der Waals surface area contributed by atoms with Gasteiger partial charge in [0.05, 0.1) is 25.4 Å². The van der Waals surface area contributed by atoms with Crippen LogP contribution >= 0.6 is 0 Å². The monoisotopic (exact) mass is 1030 g/mol. The van der Waals surface area contributed by atoms with E-state index in [-0.39, 0.29) is 18.5 Å². The standard InChI is InChI=1S/C67H129NO5/c1-3-5-7-9-11-13-15-41-45-49-53-57-61-67(72)73-62-58-54-50-46-42-38-36-34-32-30-28-26-24-22-20-18-16-17-19-21-23-25-27-29-31-33-35-37-40-44-48-52-56-60-66(71)68-64(63-69)65(70)59-55-51-47-43-39-14-12-10-8-6-4-2/h20,22,55,59,64-65,69-70H,3-19,21,23-54,56-58,60-63H2,1-2H3,(H,68,71)/b22-20-,59-55+. The molecule has 2 atom stereocenters. The van der Waals surface area contributed by atoms with Gasteiger partial charge in [-0.15, -0.1) is 0 Å². The molecule has 73 heavy (non-hydrogen) atoms. The number of hydrogen-bond acceptors (Lipinski definition) is 5. The number of amides is 1. The fraction of sp³-hybridized carbons (Fsp3) is 0.910. The Morgan fingerprint density at radius 3 is 0.973 bits per heavy atom. The average Bonchev–Trinajstić information content (AvgIpc) is 3.39. The summed E-state index contributed by atoms with van der Waals surface area (Å²) in [6.07, 6.45) is 78.3. The first kappa shape index (κ1) is 71.3. The third kappa shape index (κ3) is 59.4. The van der Waals surface area contributed by atoms with Gasteiger partial charge in [0.2, 0.25) is 5.91 Å². The van der Waals surface area contributed by atoms with E-state index < -0.39 is 12.1 Å². The zero-order valence-electron chi connectivity index (χ0n) is 49.4. The number of carbonyl (C=O) groups is 2. The Morgan fingerprint density at radius 2 is 0.644 bits per heavy atom. The minimum absolute atomic E-state index is 0.0194. The summed E-state index contributed by atoms with van der Waals surface area (Å²) in [5.41, 5.74) is 0. The fourth-order valence-corrected chi connectivity index (χ4v) is 10.4. The van der Waals surface area contributed by atoms with Crippen molar-refractivity contribution in [3.8, 4) is 0 Å². The zero-order valence-corrected chi connectivity index (χ0v) is 49.4. The Bertz CT molecular complexity index is 1140. The Hall–Kier alpha value is -1.66. The number of unbranched alkanes of at least 4 members (excludes halogenated alkanes) is 49. The second-order valence-electron chi connectivity index (χ2n) is 22.8. The molecule has 3 N–H and O–H groups in total. The molecule has 0 radical (unpaired) electrons. The number of aliphatic hydroxyl groups is 2. The molecular formula is C67H129NO5. The molecule has 0 saturated carbocycles. The molecule has 0 bridgehead atoms. The second-order valence-corrected chi connectivity index (χ2v) is 22.8. The van der Waals surface area contributed by atoms with Crippen molar-refractivity contribution in [3.63, 3.8) is 0 Å². The Kier molecular flexibility index (Phi) is 61.4. The first-order valence-electron chi connectivity index (χ1n) is 33.1. The molecule has 0 saturated heterocycles. The maximum atomic E-state index is 12.4. The molecule has 0 rings (SSSR count). The highest BCUT2D eigenvalue weighted by atomic mass is 16.5. The van der Waals surface area contributed by atoms with Crippen LogP contribution in [0.4, 0.5) is 0 Å². The lowest BCUT2D eigenvalue weighted by Gasteiger charge is -2.20. The number of hydrogen-bond donors (Lipinski definition) is 3. The first-order valence-corrected chi connectivity index (χ1v) is 33.1. The highest BCUT2D eigenvalue weighted by molar-refractivity contribution is 5.76. The van der Waals surface area contributed by atoms with E-state index in [9.17, 15) is 19.8 Å². The Labute approximate surface area is 456 Å². The summed E-state index contributed by atoms with van der Waals surface area (Å²) in [7, 11) is 0. The quantitative estimate of drug-likeness (QED) is 0.0320. The lowest BCUT2D eigenvalue weighted by Crippen LogP contribution is -2.45. The van der Waals surface area contributed by atoms with E-state index in [4.69, 9.17) is 4.74 Å². The predicted octanol–water partition coefficient (Wildman–Crippen LogP) is 21.0. The maximum absolute atomic E-state index is 12.4. The topological polar surface area (TPSA) is 95.9 Å². The summed E-state index contributed by atoms with van der Waals surface area (Å²) in [5, 5.41) is 23.0. The Morgan fingerprint density at radius 1 is 0.370 bits per heavy atom. The molecule has 0 aromatic rings.